The van der Waals surface area contributed by atoms with Gasteiger partial charge in [-0.2, -0.15) is 0 Å². The van der Waals surface area contributed by atoms with Crippen LogP contribution in [0.15, 0.2) is 33.5 Å². The zero-order valence-corrected chi connectivity index (χ0v) is 11.2. The number of carbonyl (C=O) groups excluding carboxylic acids is 1. The van der Waals surface area contributed by atoms with Gasteiger partial charge in [-0.1, -0.05) is 0 Å². The smallest absolute Gasteiger partial charge is 0.336 e. The summed E-state index contributed by atoms with van der Waals surface area (Å²) in [6.07, 6.45) is -0.948. The molecule has 2 rings (SSSR count). The van der Waals surface area contributed by atoms with E-state index in [2.05, 4.69) is 5.32 Å². The van der Waals surface area contributed by atoms with Crippen molar-refractivity contribution < 1.29 is 14.3 Å². The van der Waals surface area contributed by atoms with Gasteiger partial charge in [-0.05, 0) is 31.5 Å². The van der Waals surface area contributed by atoms with Crippen LogP contribution in [0, 0.1) is 6.92 Å². The zero-order valence-electron chi connectivity index (χ0n) is 11.2. The molecule has 1 aromatic heterocycles. The minimum atomic E-state index is -1.02. The van der Waals surface area contributed by atoms with Gasteiger partial charge in [0.15, 0.2) is 0 Å². The molecule has 0 unspecified atom stereocenters. The van der Waals surface area contributed by atoms with E-state index in [0.29, 0.717) is 11.3 Å². The summed E-state index contributed by atoms with van der Waals surface area (Å²) in [7, 11) is 0. The standard InChI is InChI=1S/C14H16N2O4/c1-7-5-12(18)20-11-6-9(3-4-10(7)11)16-14(19)13(15)8(2)17/h3-6,8,13,17H,15H2,1-2H3,(H,16,19)/t8-,13+/m0/s1. The summed E-state index contributed by atoms with van der Waals surface area (Å²) < 4.78 is 5.09. The highest BCUT2D eigenvalue weighted by molar-refractivity contribution is 5.96. The Morgan fingerprint density at radius 2 is 2.10 bits per heavy atom. The molecule has 0 aliphatic carbocycles. The van der Waals surface area contributed by atoms with Crippen molar-refractivity contribution in [3.8, 4) is 0 Å². The molecular formula is C14H16N2O4. The summed E-state index contributed by atoms with van der Waals surface area (Å²) in [4.78, 5) is 23.1. The van der Waals surface area contributed by atoms with E-state index in [1.54, 1.807) is 25.1 Å². The van der Waals surface area contributed by atoms with Crippen molar-refractivity contribution in [2.24, 2.45) is 5.73 Å². The van der Waals surface area contributed by atoms with Crippen molar-refractivity contribution in [2.45, 2.75) is 26.0 Å². The fourth-order valence-electron chi connectivity index (χ4n) is 1.85. The van der Waals surface area contributed by atoms with E-state index in [4.69, 9.17) is 10.2 Å². The number of aliphatic hydroxyl groups is 1. The van der Waals surface area contributed by atoms with Crippen molar-refractivity contribution in [1.82, 2.24) is 0 Å². The number of benzene rings is 1. The van der Waals surface area contributed by atoms with Crippen molar-refractivity contribution in [3.63, 3.8) is 0 Å². The highest BCUT2D eigenvalue weighted by atomic mass is 16.4. The number of nitrogens with one attached hydrogen (secondary N) is 1. The molecule has 0 spiro atoms. The van der Waals surface area contributed by atoms with Crippen LogP contribution in [0.3, 0.4) is 0 Å². The van der Waals surface area contributed by atoms with Crippen LogP contribution < -0.4 is 16.7 Å². The average molecular weight is 276 g/mol. The van der Waals surface area contributed by atoms with Gasteiger partial charge in [-0.25, -0.2) is 4.79 Å². The largest absolute Gasteiger partial charge is 0.423 e. The minimum Gasteiger partial charge on any atom is -0.423 e. The van der Waals surface area contributed by atoms with E-state index in [0.717, 1.165) is 10.9 Å². The topological polar surface area (TPSA) is 106 Å². The third-order valence-corrected chi connectivity index (χ3v) is 3.04. The summed E-state index contributed by atoms with van der Waals surface area (Å²) in [5.41, 5.74) is 6.73. The van der Waals surface area contributed by atoms with Crippen molar-refractivity contribution in [2.75, 3.05) is 5.32 Å². The molecule has 1 aromatic carbocycles. The lowest BCUT2D eigenvalue weighted by molar-refractivity contribution is -0.119. The lowest BCUT2D eigenvalue weighted by Crippen LogP contribution is -2.43. The summed E-state index contributed by atoms with van der Waals surface area (Å²) in [6.45, 7) is 3.24. The highest BCUT2D eigenvalue weighted by Crippen LogP contribution is 2.20. The third kappa shape index (κ3) is 2.87. The van der Waals surface area contributed by atoms with E-state index in [1.807, 2.05) is 0 Å². The third-order valence-electron chi connectivity index (χ3n) is 3.04. The van der Waals surface area contributed by atoms with E-state index >= 15 is 0 Å². The Bertz CT molecular complexity index is 706. The summed E-state index contributed by atoms with van der Waals surface area (Å²) in [5.74, 6) is -0.505. The van der Waals surface area contributed by atoms with Gasteiger partial charge in [0, 0.05) is 23.2 Å². The Labute approximate surface area is 115 Å². The predicted octanol–water partition coefficient (Wildman–Crippen LogP) is 0.748. The van der Waals surface area contributed by atoms with Gasteiger partial charge in [0.1, 0.15) is 11.6 Å². The van der Waals surface area contributed by atoms with Crippen LogP contribution in [0.1, 0.15) is 12.5 Å². The molecule has 0 aliphatic rings. The molecule has 0 fully saturated rings. The number of aliphatic hydroxyl groups excluding tert-OH is 1. The van der Waals surface area contributed by atoms with Crippen LogP contribution in [-0.4, -0.2) is 23.2 Å². The Morgan fingerprint density at radius 1 is 1.40 bits per heavy atom. The normalized spacial score (nSPS) is 14.0. The molecular weight excluding hydrogens is 260 g/mol. The maximum atomic E-state index is 11.7. The van der Waals surface area contributed by atoms with Gasteiger partial charge in [-0.15, -0.1) is 0 Å². The quantitative estimate of drug-likeness (QED) is 0.717. The first-order valence-electron chi connectivity index (χ1n) is 6.17. The Hall–Kier alpha value is -2.18. The van der Waals surface area contributed by atoms with Gasteiger partial charge in [0.05, 0.1) is 6.10 Å². The Kier molecular flexibility index (Phi) is 3.87. The lowest BCUT2D eigenvalue weighted by Gasteiger charge is -2.14. The number of amides is 1. The van der Waals surface area contributed by atoms with Crippen molar-refractivity contribution >= 4 is 22.6 Å². The number of fused-ring (bicyclic) bond motifs is 1. The average Bonchev–Trinajstić information content (AvgIpc) is 2.36. The molecule has 0 saturated carbocycles. The second-order valence-corrected chi connectivity index (χ2v) is 4.72. The van der Waals surface area contributed by atoms with E-state index < -0.39 is 23.7 Å². The number of nitrogens with two attached hydrogens (primary N) is 1. The number of aryl methyl sites for hydroxylation is 1. The molecule has 4 N–H and O–H groups in total. The van der Waals surface area contributed by atoms with Gasteiger partial charge < -0.3 is 20.6 Å². The number of hydrogen-bond acceptors (Lipinski definition) is 5. The van der Waals surface area contributed by atoms with Crippen LogP contribution in [0.5, 0.6) is 0 Å². The monoisotopic (exact) mass is 276 g/mol. The van der Waals surface area contributed by atoms with Crippen LogP contribution >= 0.6 is 0 Å². The number of anilines is 1. The second kappa shape index (κ2) is 5.44. The highest BCUT2D eigenvalue weighted by Gasteiger charge is 2.18. The molecule has 1 amide bonds. The lowest BCUT2D eigenvalue weighted by atomic mass is 10.1. The Morgan fingerprint density at radius 3 is 2.75 bits per heavy atom. The SMILES string of the molecule is Cc1cc(=O)oc2cc(NC(=O)[C@H](N)[C@H](C)O)ccc12. The van der Waals surface area contributed by atoms with Gasteiger partial charge in [-0.3, -0.25) is 4.79 Å². The molecule has 0 bridgehead atoms. The first-order valence-corrected chi connectivity index (χ1v) is 6.17. The molecule has 2 atom stereocenters. The van der Waals surface area contributed by atoms with Crippen molar-refractivity contribution in [3.05, 3.63) is 40.2 Å². The summed E-state index contributed by atoms with van der Waals surface area (Å²) in [6, 6.07) is 5.37. The van der Waals surface area contributed by atoms with Crippen LogP contribution in [0.4, 0.5) is 5.69 Å². The molecule has 2 aromatic rings. The summed E-state index contributed by atoms with van der Waals surface area (Å²) in [5, 5.41) is 12.6. The second-order valence-electron chi connectivity index (χ2n) is 4.72. The van der Waals surface area contributed by atoms with Crippen LogP contribution in [-0.2, 0) is 4.79 Å². The molecule has 20 heavy (non-hydrogen) atoms. The van der Waals surface area contributed by atoms with Crippen LogP contribution in [0.2, 0.25) is 0 Å². The summed E-state index contributed by atoms with van der Waals surface area (Å²) >= 11 is 0. The Balaban J connectivity index is 2.33. The van der Waals surface area contributed by atoms with Crippen molar-refractivity contribution in [1.29, 1.82) is 0 Å². The number of carbonyl (C=O) groups is 1. The predicted molar refractivity (Wildman–Crippen MR) is 75.5 cm³/mol. The zero-order chi connectivity index (χ0) is 14.9. The molecule has 0 saturated heterocycles. The molecule has 0 aliphatic heterocycles. The number of hydrogen-bond donors (Lipinski definition) is 3. The number of rotatable bonds is 3. The molecule has 6 nitrogen and oxygen atoms in total. The van der Waals surface area contributed by atoms with E-state index in [9.17, 15) is 14.7 Å². The fraction of sp³-hybridized carbons (Fsp3) is 0.286. The van der Waals surface area contributed by atoms with Gasteiger partial charge >= 0.3 is 5.63 Å². The minimum absolute atomic E-state index is 0.387. The molecule has 6 heteroatoms. The van der Waals surface area contributed by atoms with Gasteiger partial charge in [0.2, 0.25) is 5.91 Å². The van der Waals surface area contributed by atoms with Crippen LogP contribution in [0.25, 0.3) is 11.0 Å². The molecule has 0 radical (unpaired) electrons. The maximum Gasteiger partial charge on any atom is 0.336 e. The van der Waals surface area contributed by atoms with E-state index in [-0.39, 0.29) is 0 Å². The maximum absolute atomic E-state index is 11.7. The van der Waals surface area contributed by atoms with E-state index in [1.165, 1.54) is 13.0 Å². The first-order chi connectivity index (χ1) is 9.38. The molecule has 106 valence electrons. The fourth-order valence-corrected chi connectivity index (χ4v) is 1.85. The first kappa shape index (κ1) is 14.2. The molecule has 1 heterocycles. The van der Waals surface area contributed by atoms with Gasteiger partial charge in [0.25, 0.3) is 0 Å².